The SMILES string of the molecule is CCCCOc1ccc(N2C(=O)[C@@H]3C4C=CC(c5ccccc5)([C@@H]3C2=O)[C@H]2C(=O)N(c3ccc(OCCCC)cc3)C(=O)[C@@H]42)cc1. The summed E-state index contributed by atoms with van der Waals surface area (Å²) in [6, 6.07) is 23.4. The number of imide groups is 2. The second kappa shape index (κ2) is 11.9. The molecule has 0 radical (unpaired) electrons. The van der Waals surface area contributed by atoms with Crippen LogP contribution < -0.4 is 19.3 Å². The van der Waals surface area contributed by atoms with E-state index in [1.54, 1.807) is 48.5 Å². The Kier molecular flexibility index (Phi) is 7.75. The predicted octanol–water partition coefficient (Wildman–Crippen LogP) is 6.09. The third kappa shape index (κ3) is 4.49. The van der Waals surface area contributed by atoms with Crippen LogP contribution in [-0.2, 0) is 24.6 Å². The molecule has 3 aromatic carbocycles. The summed E-state index contributed by atoms with van der Waals surface area (Å²) in [5, 5.41) is 0. The highest BCUT2D eigenvalue weighted by Crippen LogP contribution is 2.65. The number of hydrogen-bond acceptors (Lipinski definition) is 6. The maximum Gasteiger partial charge on any atom is 0.238 e. The van der Waals surface area contributed by atoms with Crippen molar-refractivity contribution in [2.75, 3.05) is 23.0 Å². The minimum absolute atomic E-state index is 0.338. The molecule has 2 unspecified atom stereocenters. The number of benzene rings is 3. The fourth-order valence-electron chi connectivity index (χ4n) is 8.04. The molecule has 2 saturated heterocycles. The molecule has 2 heterocycles. The molecule has 46 heavy (non-hydrogen) atoms. The van der Waals surface area contributed by atoms with Crippen LogP contribution in [0.3, 0.4) is 0 Å². The molecule has 4 amide bonds. The zero-order chi connectivity index (χ0) is 32.0. The van der Waals surface area contributed by atoms with Crippen LogP contribution in [0.2, 0.25) is 0 Å². The molecular weight excluding hydrogens is 580 g/mol. The largest absolute Gasteiger partial charge is 0.494 e. The number of unbranched alkanes of at least 4 members (excludes halogenated alkanes) is 2. The number of carbonyl (C=O) groups is 4. The fourth-order valence-corrected chi connectivity index (χ4v) is 8.04. The molecule has 1 saturated carbocycles. The number of allylic oxidation sites excluding steroid dienone is 2. The minimum Gasteiger partial charge on any atom is -0.494 e. The number of hydrogen-bond donors (Lipinski definition) is 0. The topological polar surface area (TPSA) is 93.2 Å². The molecule has 6 atom stereocenters. The number of carbonyl (C=O) groups excluding carboxylic acids is 4. The van der Waals surface area contributed by atoms with Crippen molar-refractivity contribution < 1.29 is 28.7 Å². The van der Waals surface area contributed by atoms with Crippen molar-refractivity contribution in [3.05, 3.63) is 96.6 Å². The van der Waals surface area contributed by atoms with Crippen molar-refractivity contribution in [2.24, 2.45) is 29.6 Å². The van der Waals surface area contributed by atoms with Crippen LogP contribution in [0, 0.1) is 29.6 Å². The van der Waals surface area contributed by atoms with E-state index in [2.05, 4.69) is 13.8 Å². The van der Waals surface area contributed by atoms with Gasteiger partial charge < -0.3 is 9.47 Å². The van der Waals surface area contributed by atoms with E-state index >= 15 is 0 Å². The second-order valence-corrected chi connectivity index (χ2v) is 12.7. The Morgan fingerprint density at radius 3 is 1.50 bits per heavy atom. The first-order valence-electron chi connectivity index (χ1n) is 16.4. The third-order valence-corrected chi connectivity index (χ3v) is 10.2. The molecule has 0 aromatic heterocycles. The zero-order valence-corrected chi connectivity index (χ0v) is 26.1. The summed E-state index contributed by atoms with van der Waals surface area (Å²) < 4.78 is 11.6. The number of amides is 4. The van der Waals surface area contributed by atoms with Crippen molar-refractivity contribution in [1.82, 2.24) is 0 Å². The normalized spacial score (nSPS) is 27.7. The standard InChI is InChI=1S/C38H38N2O6/c1-3-5-22-45-27-16-12-25(13-17-27)39-34(41)30-29-20-21-38(32(30)36(39)43,24-10-8-7-9-11-24)33-31(29)35(42)40(37(33)44)26-14-18-28(19-15-26)46-23-6-4-2/h7-21,29-33H,3-6,22-23H2,1-2H3/t29?,30-,31+,32+,33-,38?. The summed E-state index contributed by atoms with van der Waals surface area (Å²) in [5.74, 6) is -3.82. The monoisotopic (exact) mass is 618 g/mol. The lowest BCUT2D eigenvalue weighted by Gasteiger charge is -2.53. The molecule has 8 nitrogen and oxygen atoms in total. The van der Waals surface area contributed by atoms with Gasteiger partial charge in [-0.2, -0.15) is 0 Å². The molecule has 2 aliphatic heterocycles. The van der Waals surface area contributed by atoms with E-state index < -0.39 is 35.0 Å². The van der Waals surface area contributed by atoms with Gasteiger partial charge in [0.2, 0.25) is 23.6 Å². The average Bonchev–Trinajstić information content (AvgIpc) is 3.53. The lowest BCUT2D eigenvalue weighted by atomic mass is 9.45. The van der Waals surface area contributed by atoms with Crippen molar-refractivity contribution >= 4 is 35.0 Å². The zero-order valence-electron chi connectivity index (χ0n) is 26.1. The Labute approximate surface area is 269 Å². The quantitative estimate of drug-likeness (QED) is 0.147. The highest BCUT2D eigenvalue weighted by Gasteiger charge is 2.75. The fraction of sp³-hybridized carbons (Fsp3) is 0.368. The van der Waals surface area contributed by atoms with Gasteiger partial charge in [-0.25, -0.2) is 9.80 Å². The molecule has 3 aromatic rings. The Bertz CT molecular complexity index is 1580. The Hall–Kier alpha value is -4.72. The first-order chi connectivity index (χ1) is 22.4. The summed E-state index contributed by atoms with van der Waals surface area (Å²) in [5.41, 5.74) is 0.501. The van der Waals surface area contributed by atoms with Gasteiger partial charge in [0.1, 0.15) is 11.5 Å². The van der Waals surface area contributed by atoms with Crippen LogP contribution in [0.4, 0.5) is 11.4 Å². The van der Waals surface area contributed by atoms with Crippen LogP contribution in [0.5, 0.6) is 11.5 Å². The van der Waals surface area contributed by atoms with Crippen LogP contribution in [0.1, 0.15) is 45.1 Å². The summed E-state index contributed by atoms with van der Waals surface area (Å²) in [4.78, 5) is 60.1. The van der Waals surface area contributed by atoms with E-state index in [4.69, 9.17) is 9.47 Å². The maximum atomic E-state index is 14.5. The van der Waals surface area contributed by atoms with E-state index in [1.165, 1.54) is 9.80 Å². The molecule has 8 rings (SSSR count). The van der Waals surface area contributed by atoms with E-state index in [0.29, 0.717) is 36.1 Å². The molecule has 3 aliphatic carbocycles. The smallest absolute Gasteiger partial charge is 0.238 e. The van der Waals surface area contributed by atoms with Gasteiger partial charge in [-0.1, -0.05) is 69.2 Å². The molecule has 8 heteroatoms. The average molecular weight is 619 g/mol. The molecule has 0 spiro atoms. The highest BCUT2D eigenvalue weighted by molar-refractivity contribution is 6.27. The second-order valence-electron chi connectivity index (χ2n) is 12.7. The van der Waals surface area contributed by atoms with Gasteiger partial charge in [-0.15, -0.1) is 0 Å². The summed E-state index contributed by atoms with van der Waals surface area (Å²) >= 11 is 0. The maximum absolute atomic E-state index is 14.5. The van der Waals surface area contributed by atoms with Crippen molar-refractivity contribution in [3.8, 4) is 11.5 Å². The Balaban J connectivity index is 1.26. The number of ether oxygens (including phenoxy) is 2. The van der Waals surface area contributed by atoms with Gasteiger partial charge in [0, 0.05) is 11.3 Å². The first-order valence-corrected chi connectivity index (χ1v) is 16.4. The Morgan fingerprint density at radius 2 is 1.07 bits per heavy atom. The summed E-state index contributed by atoms with van der Waals surface area (Å²) in [7, 11) is 0. The van der Waals surface area contributed by atoms with Crippen molar-refractivity contribution in [1.29, 1.82) is 0 Å². The highest BCUT2D eigenvalue weighted by atomic mass is 16.5. The van der Waals surface area contributed by atoms with Crippen molar-refractivity contribution in [2.45, 2.75) is 44.9 Å². The Morgan fingerprint density at radius 1 is 0.609 bits per heavy atom. The molecule has 2 bridgehead atoms. The number of nitrogens with zero attached hydrogens (tertiary/aromatic N) is 2. The van der Waals surface area contributed by atoms with Gasteiger partial charge in [0.25, 0.3) is 0 Å². The van der Waals surface area contributed by atoms with Gasteiger partial charge in [0.05, 0.1) is 48.3 Å². The van der Waals surface area contributed by atoms with Gasteiger partial charge in [-0.3, -0.25) is 19.2 Å². The van der Waals surface area contributed by atoms with Gasteiger partial charge in [0.15, 0.2) is 0 Å². The van der Waals surface area contributed by atoms with E-state index in [9.17, 15) is 19.2 Å². The van der Waals surface area contributed by atoms with Crippen LogP contribution in [-0.4, -0.2) is 36.8 Å². The van der Waals surface area contributed by atoms with Gasteiger partial charge >= 0.3 is 0 Å². The third-order valence-electron chi connectivity index (χ3n) is 10.2. The first kappa shape index (κ1) is 30.0. The van der Waals surface area contributed by atoms with Crippen LogP contribution in [0.25, 0.3) is 0 Å². The molecule has 5 aliphatic rings. The number of anilines is 2. The molecule has 0 N–H and O–H groups in total. The van der Waals surface area contributed by atoms with E-state index in [1.807, 2.05) is 42.5 Å². The minimum atomic E-state index is -1.17. The molecule has 3 fully saturated rings. The molecular formula is C38H38N2O6. The van der Waals surface area contributed by atoms with Crippen LogP contribution >= 0.6 is 0 Å². The summed E-state index contributed by atoms with van der Waals surface area (Å²) in [6.45, 7) is 5.37. The van der Waals surface area contributed by atoms with E-state index in [0.717, 1.165) is 31.2 Å². The number of rotatable bonds is 11. The predicted molar refractivity (Wildman–Crippen MR) is 173 cm³/mol. The van der Waals surface area contributed by atoms with E-state index in [-0.39, 0.29) is 23.6 Å². The summed E-state index contributed by atoms with van der Waals surface area (Å²) in [6.07, 6.45) is 7.74. The molecule has 236 valence electrons. The lowest BCUT2D eigenvalue weighted by Crippen LogP contribution is -2.60. The van der Waals surface area contributed by atoms with Crippen molar-refractivity contribution in [3.63, 3.8) is 0 Å². The van der Waals surface area contributed by atoms with Gasteiger partial charge in [-0.05, 0) is 66.9 Å². The lowest BCUT2D eigenvalue weighted by molar-refractivity contribution is -0.140. The van der Waals surface area contributed by atoms with Crippen LogP contribution in [0.15, 0.2) is 91.0 Å².